The second kappa shape index (κ2) is 5.25. The number of imidazole rings is 1. The van der Waals surface area contributed by atoms with Crippen molar-refractivity contribution < 1.29 is 0 Å². The van der Waals surface area contributed by atoms with Gasteiger partial charge in [0.15, 0.2) is 11.5 Å². The number of hydrogen-bond donors (Lipinski definition) is 2. The van der Waals surface area contributed by atoms with Crippen molar-refractivity contribution in [3.8, 4) is 0 Å². The fourth-order valence-corrected chi connectivity index (χ4v) is 2.11. The Morgan fingerprint density at radius 1 is 1.44 bits per heavy atom. The maximum atomic E-state index is 5.79. The molecule has 0 spiro atoms. The van der Waals surface area contributed by atoms with E-state index in [1.165, 1.54) is 6.42 Å². The second-order valence-electron chi connectivity index (χ2n) is 4.97. The normalized spacial score (nSPS) is 14.6. The molecule has 0 saturated carbocycles. The van der Waals surface area contributed by atoms with E-state index in [0.29, 0.717) is 17.8 Å². The lowest BCUT2D eigenvalue weighted by Crippen LogP contribution is -2.20. The van der Waals surface area contributed by atoms with E-state index in [0.717, 1.165) is 17.9 Å². The number of rotatable bonds is 5. The maximum Gasteiger partial charge on any atom is 0.180 e. The Hall–Kier alpha value is -1.78. The first-order valence-electron chi connectivity index (χ1n) is 6.45. The van der Waals surface area contributed by atoms with Gasteiger partial charge in [-0.2, -0.15) is 0 Å². The van der Waals surface area contributed by atoms with E-state index in [-0.39, 0.29) is 0 Å². The van der Waals surface area contributed by atoms with Crippen LogP contribution in [0.15, 0.2) is 18.6 Å². The molecule has 3 N–H and O–H groups in total. The van der Waals surface area contributed by atoms with Gasteiger partial charge in [0.25, 0.3) is 0 Å². The molecule has 5 nitrogen and oxygen atoms in total. The Balaban J connectivity index is 2.18. The number of aromatic nitrogens is 3. The summed E-state index contributed by atoms with van der Waals surface area (Å²) in [5, 5.41) is 3.40. The molecule has 0 aliphatic rings. The van der Waals surface area contributed by atoms with E-state index in [2.05, 4.69) is 36.1 Å². The van der Waals surface area contributed by atoms with Crippen LogP contribution < -0.4 is 11.1 Å². The minimum absolute atomic E-state index is 0.356. The summed E-state index contributed by atoms with van der Waals surface area (Å²) in [6, 6.07) is 0.356. The van der Waals surface area contributed by atoms with Gasteiger partial charge in [0.05, 0.1) is 6.20 Å². The van der Waals surface area contributed by atoms with Crippen molar-refractivity contribution in [2.75, 3.05) is 11.1 Å². The molecule has 0 aliphatic carbocycles. The predicted octanol–water partition coefficient (Wildman–Crippen LogP) is 2.55. The van der Waals surface area contributed by atoms with Gasteiger partial charge in [-0.05, 0) is 19.3 Å². The van der Waals surface area contributed by atoms with Crippen LogP contribution in [0.4, 0.5) is 11.6 Å². The lowest BCUT2D eigenvalue weighted by atomic mass is 10.0. The molecule has 2 rings (SSSR count). The van der Waals surface area contributed by atoms with Gasteiger partial charge in [0.1, 0.15) is 5.82 Å². The first-order valence-corrected chi connectivity index (χ1v) is 6.45. The molecule has 2 atom stereocenters. The number of nitrogen functional groups attached to an aromatic ring is 1. The molecule has 2 aromatic rings. The van der Waals surface area contributed by atoms with Gasteiger partial charge in [0.2, 0.25) is 0 Å². The number of nitrogens with two attached hydrogens (primary N) is 1. The number of nitrogens with zero attached hydrogens (tertiary/aromatic N) is 3. The van der Waals surface area contributed by atoms with Gasteiger partial charge < -0.3 is 15.5 Å². The fourth-order valence-electron chi connectivity index (χ4n) is 2.11. The lowest BCUT2D eigenvalue weighted by Gasteiger charge is -2.18. The SMILES string of the molecule is CCC(C)CC(C)Nc1nc(N)cn2ccnc12. The Labute approximate surface area is 107 Å². The lowest BCUT2D eigenvalue weighted by molar-refractivity contribution is 0.483. The number of fused-ring (bicyclic) bond motifs is 1. The van der Waals surface area contributed by atoms with E-state index in [4.69, 9.17) is 5.73 Å². The highest BCUT2D eigenvalue weighted by molar-refractivity contribution is 5.65. The Kier molecular flexibility index (Phi) is 3.69. The molecule has 2 unspecified atom stereocenters. The third-order valence-electron chi connectivity index (χ3n) is 3.23. The van der Waals surface area contributed by atoms with Crippen LogP contribution in [-0.2, 0) is 0 Å². The Morgan fingerprint density at radius 2 is 2.22 bits per heavy atom. The molecule has 0 amide bonds. The summed E-state index contributed by atoms with van der Waals surface area (Å²) in [4.78, 5) is 8.62. The molecule has 0 aliphatic heterocycles. The standard InChI is InChI=1S/C13H21N5/c1-4-9(2)7-10(3)16-12-13-15-5-6-18(13)8-11(14)17-12/h5-6,8-10H,4,7,14H2,1-3H3,(H,16,17). The molecular formula is C13H21N5. The van der Waals surface area contributed by atoms with Crippen LogP contribution in [0.25, 0.3) is 5.65 Å². The van der Waals surface area contributed by atoms with Crippen LogP contribution in [0.1, 0.15) is 33.6 Å². The molecule has 5 heteroatoms. The molecule has 0 aromatic carbocycles. The molecule has 2 aromatic heterocycles. The van der Waals surface area contributed by atoms with Crippen molar-refractivity contribution in [1.82, 2.24) is 14.4 Å². The largest absolute Gasteiger partial charge is 0.382 e. The van der Waals surface area contributed by atoms with Crippen LogP contribution in [0, 0.1) is 5.92 Å². The van der Waals surface area contributed by atoms with Crippen molar-refractivity contribution in [2.45, 2.75) is 39.7 Å². The smallest absolute Gasteiger partial charge is 0.180 e. The summed E-state index contributed by atoms with van der Waals surface area (Å²) >= 11 is 0. The third-order valence-corrected chi connectivity index (χ3v) is 3.23. The first-order chi connectivity index (χ1) is 8.60. The highest BCUT2D eigenvalue weighted by atomic mass is 15.1. The minimum atomic E-state index is 0.356. The van der Waals surface area contributed by atoms with Crippen LogP contribution >= 0.6 is 0 Å². The molecule has 98 valence electrons. The van der Waals surface area contributed by atoms with Crippen molar-refractivity contribution in [3.05, 3.63) is 18.6 Å². The summed E-state index contributed by atoms with van der Waals surface area (Å²) in [6.45, 7) is 6.63. The number of anilines is 2. The minimum Gasteiger partial charge on any atom is -0.382 e. The van der Waals surface area contributed by atoms with Gasteiger partial charge >= 0.3 is 0 Å². The van der Waals surface area contributed by atoms with Gasteiger partial charge in [-0.1, -0.05) is 20.3 Å². The molecule has 2 heterocycles. The first kappa shape index (κ1) is 12.7. The van der Waals surface area contributed by atoms with E-state index in [1.54, 1.807) is 12.4 Å². The van der Waals surface area contributed by atoms with Crippen molar-refractivity contribution in [3.63, 3.8) is 0 Å². The maximum absolute atomic E-state index is 5.79. The number of nitrogens with one attached hydrogen (secondary N) is 1. The second-order valence-corrected chi connectivity index (χ2v) is 4.97. The average Bonchev–Trinajstić information content (AvgIpc) is 2.76. The summed E-state index contributed by atoms with van der Waals surface area (Å²) in [5.41, 5.74) is 6.61. The molecule has 0 fully saturated rings. The summed E-state index contributed by atoms with van der Waals surface area (Å²) in [5.74, 6) is 1.96. The van der Waals surface area contributed by atoms with E-state index in [1.807, 2.05) is 10.6 Å². The highest BCUT2D eigenvalue weighted by Crippen LogP contribution is 2.18. The van der Waals surface area contributed by atoms with Crippen molar-refractivity contribution in [2.24, 2.45) is 5.92 Å². The van der Waals surface area contributed by atoms with Crippen molar-refractivity contribution in [1.29, 1.82) is 0 Å². The monoisotopic (exact) mass is 247 g/mol. The van der Waals surface area contributed by atoms with Gasteiger partial charge in [-0.3, -0.25) is 0 Å². The Morgan fingerprint density at radius 3 is 2.94 bits per heavy atom. The third kappa shape index (κ3) is 2.72. The molecular weight excluding hydrogens is 226 g/mol. The van der Waals surface area contributed by atoms with Gasteiger partial charge in [-0.25, -0.2) is 9.97 Å². The molecule has 18 heavy (non-hydrogen) atoms. The highest BCUT2D eigenvalue weighted by Gasteiger charge is 2.11. The topological polar surface area (TPSA) is 68.2 Å². The fraction of sp³-hybridized carbons (Fsp3) is 0.538. The number of hydrogen-bond acceptors (Lipinski definition) is 4. The zero-order chi connectivity index (χ0) is 13.1. The van der Waals surface area contributed by atoms with E-state index in [9.17, 15) is 0 Å². The summed E-state index contributed by atoms with van der Waals surface area (Å²) < 4.78 is 1.89. The van der Waals surface area contributed by atoms with E-state index >= 15 is 0 Å². The zero-order valence-electron chi connectivity index (χ0n) is 11.2. The predicted molar refractivity (Wildman–Crippen MR) is 74.6 cm³/mol. The van der Waals surface area contributed by atoms with Crippen LogP contribution in [-0.4, -0.2) is 20.4 Å². The zero-order valence-corrected chi connectivity index (χ0v) is 11.2. The van der Waals surface area contributed by atoms with Crippen molar-refractivity contribution >= 4 is 17.3 Å². The average molecular weight is 247 g/mol. The van der Waals surface area contributed by atoms with Gasteiger partial charge in [0, 0.05) is 18.4 Å². The summed E-state index contributed by atoms with van der Waals surface area (Å²) in [6.07, 6.45) is 7.70. The Bertz CT molecular complexity index is 519. The quantitative estimate of drug-likeness (QED) is 0.852. The molecule has 0 saturated heterocycles. The van der Waals surface area contributed by atoms with Crippen LogP contribution in [0.3, 0.4) is 0 Å². The van der Waals surface area contributed by atoms with Gasteiger partial charge in [-0.15, -0.1) is 0 Å². The molecule has 0 bridgehead atoms. The summed E-state index contributed by atoms with van der Waals surface area (Å²) in [7, 11) is 0. The van der Waals surface area contributed by atoms with E-state index < -0.39 is 0 Å². The molecule has 0 radical (unpaired) electrons. The van der Waals surface area contributed by atoms with Crippen LogP contribution in [0.5, 0.6) is 0 Å². The van der Waals surface area contributed by atoms with Crippen LogP contribution in [0.2, 0.25) is 0 Å².